The van der Waals surface area contributed by atoms with Gasteiger partial charge in [0.05, 0.1) is 61.5 Å². The fourth-order valence-corrected chi connectivity index (χ4v) is 9.57. The number of rotatable bonds is 7. The number of carbonyl (C=O) groups is 4. The molecule has 0 spiro atoms. The third kappa shape index (κ3) is 5.84. The molecule has 4 aliphatic heterocycles. The van der Waals surface area contributed by atoms with Crippen LogP contribution in [0.4, 0.5) is 21.0 Å². The van der Waals surface area contributed by atoms with Crippen molar-refractivity contribution in [3.05, 3.63) is 131 Å². The molecule has 302 valence electrons. The van der Waals surface area contributed by atoms with Crippen LogP contribution < -0.4 is 20.4 Å². The van der Waals surface area contributed by atoms with Gasteiger partial charge in [-0.2, -0.15) is 0 Å². The Balaban J connectivity index is 0.848. The molecule has 6 unspecified atom stereocenters. The lowest BCUT2D eigenvalue weighted by atomic mass is 9.86. The molecule has 4 amide bonds. The van der Waals surface area contributed by atoms with Crippen molar-refractivity contribution in [2.24, 2.45) is 0 Å². The SMILES string of the molecule is COC(=O)NC1C(=O)N2c3c(cccc3C1C)CC2c1ncc(-c2ccc(-c3ccc(-c4cnc(C5Cc6cccc7c6N5C(=O)C(NC(=O)OC)C7C)[nH]4)cc3)cc2)[nH]1. The van der Waals surface area contributed by atoms with E-state index in [4.69, 9.17) is 19.4 Å². The maximum atomic E-state index is 13.9. The zero-order chi connectivity index (χ0) is 41.4. The molecule has 0 radical (unpaired) electrons. The molecule has 4 N–H and O–H groups in total. The van der Waals surface area contributed by atoms with E-state index >= 15 is 0 Å². The van der Waals surface area contributed by atoms with Crippen molar-refractivity contribution >= 4 is 35.4 Å². The summed E-state index contributed by atoms with van der Waals surface area (Å²) in [4.78, 5) is 72.3. The van der Waals surface area contributed by atoms with Crippen molar-refractivity contribution in [3.63, 3.8) is 0 Å². The van der Waals surface area contributed by atoms with Gasteiger partial charge in [-0.05, 0) is 44.5 Å². The molecule has 6 heterocycles. The summed E-state index contributed by atoms with van der Waals surface area (Å²) < 4.78 is 9.67. The number of nitrogens with zero attached hydrogens (tertiary/aromatic N) is 4. The molecule has 0 saturated heterocycles. The number of amides is 4. The maximum Gasteiger partial charge on any atom is 0.407 e. The van der Waals surface area contributed by atoms with Crippen molar-refractivity contribution < 1.29 is 28.7 Å². The minimum absolute atomic E-state index is 0.187. The molecule has 2 aromatic heterocycles. The number of anilines is 2. The lowest BCUT2D eigenvalue weighted by Crippen LogP contribution is -2.54. The van der Waals surface area contributed by atoms with Crippen molar-refractivity contribution in [3.8, 4) is 33.6 Å². The first-order valence-corrected chi connectivity index (χ1v) is 20.0. The van der Waals surface area contributed by atoms with Gasteiger partial charge in [0, 0.05) is 24.7 Å². The van der Waals surface area contributed by atoms with Crippen LogP contribution in [0.15, 0.2) is 97.3 Å². The average Bonchev–Trinajstić information content (AvgIpc) is 4.10. The summed E-state index contributed by atoms with van der Waals surface area (Å²) in [5.41, 5.74) is 11.6. The van der Waals surface area contributed by atoms with Crippen LogP contribution in [0.1, 0.15) is 71.7 Å². The summed E-state index contributed by atoms with van der Waals surface area (Å²) in [7, 11) is 2.58. The van der Waals surface area contributed by atoms with Crippen LogP contribution in [0.25, 0.3) is 33.6 Å². The summed E-state index contributed by atoms with van der Waals surface area (Å²) in [5, 5.41) is 5.50. The highest BCUT2D eigenvalue weighted by atomic mass is 16.5. The first kappa shape index (κ1) is 37.1. The molecule has 0 bridgehead atoms. The molecule has 14 nitrogen and oxygen atoms in total. The first-order chi connectivity index (χ1) is 29.1. The van der Waals surface area contributed by atoms with Crippen LogP contribution in [0.2, 0.25) is 0 Å². The van der Waals surface area contributed by atoms with Gasteiger partial charge in [0.15, 0.2) is 0 Å². The molecule has 4 aliphatic rings. The number of aromatic amines is 2. The molecule has 14 heteroatoms. The summed E-state index contributed by atoms with van der Waals surface area (Å²) in [6.07, 6.45) is 3.53. The number of benzene rings is 4. The minimum Gasteiger partial charge on any atom is -0.453 e. The highest BCUT2D eigenvalue weighted by Crippen LogP contribution is 2.50. The standard InChI is InChI=1S/C46H42N8O6/c1-23-31-9-5-7-29-19-35(53(39(29)31)43(55)37(23)51-45(57)59-3)41-47-21-33(49-41)27-15-11-25(12-16-27)26-13-17-28(18-14-26)34-22-48-42(50-34)36-20-30-8-6-10-32-24(2)38(52-46(58)60-4)44(56)54(36)40(30)32/h5-18,21-24,35-38H,19-20H2,1-4H3,(H,47,49)(H,48,50)(H,51,57)(H,52,58). The predicted octanol–water partition coefficient (Wildman–Crippen LogP) is 7.08. The van der Waals surface area contributed by atoms with Crippen molar-refractivity contribution in [2.75, 3.05) is 24.0 Å². The van der Waals surface area contributed by atoms with Gasteiger partial charge in [0.1, 0.15) is 23.7 Å². The molecular weight excluding hydrogens is 761 g/mol. The normalized spacial score (nSPS) is 22.3. The Morgan fingerprint density at radius 2 is 0.983 bits per heavy atom. The number of para-hydroxylation sites is 2. The molecular formula is C46H42N8O6. The lowest BCUT2D eigenvalue weighted by molar-refractivity contribution is -0.122. The van der Waals surface area contributed by atoms with Gasteiger partial charge in [0.25, 0.3) is 11.8 Å². The number of hydrogen-bond donors (Lipinski definition) is 4. The smallest absolute Gasteiger partial charge is 0.407 e. The van der Waals surface area contributed by atoms with Crippen molar-refractivity contribution in [1.82, 2.24) is 30.6 Å². The van der Waals surface area contributed by atoms with E-state index in [1.807, 2.05) is 74.5 Å². The van der Waals surface area contributed by atoms with Crippen LogP contribution in [-0.4, -0.2) is 70.2 Å². The predicted molar refractivity (Wildman–Crippen MR) is 223 cm³/mol. The topological polar surface area (TPSA) is 175 Å². The lowest BCUT2D eigenvalue weighted by Gasteiger charge is -2.38. The van der Waals surface area contributed by atoms with E-state index in [0.29, 0.717) is 24.5 Å². The Kier molecular flexibility index (Phi) is 8.81. The average molecular weight is 803 g/mol. The molecule has 0 saturated carbocycles. The van der Waals surface area contributed by atoms with E-state index in [0.717, 1.165) is 67.3 Å². The van der Waals surface area contributed by atoms with Gasteiger partial charge < -0.3 is 30.1 Å². The summed E-state index contributed by atoms with van der Waals surface area (Å²) in [5.74, 6) is 0.542. The number of imidazole rings is 2. The molecule has 10 rings (SSSR count). The summed E-state index contributed by atoms with van der Waals surface area (Å²) >= 11 is 0. The quantitative estimate of drug-likeness (QED) is 0.133. The fourth-order valence-electron chi connectivity index (χ4n) is 9.57. The van der Waals surface area contributed by atoms with Crippen LogP contribution >= 0.6 is 0 Å². The number of ether oxygens (including phenoxy) is 2. The molecule has 6 aromatic rings. The number of aromatic nitrogens is 4. The van der Waals surface area contributed by atoms with E-state index in [9.17, 15) is 19.2 Å². The van der Waals surface area contributed by atoms with E-state index in [1.54, 1.807) is 22.2 Å². The second-order valence-corrected chi connectivity index (χ2v) is 15.9. The van der Waals surface area contributed by atoms with E-state index < -0.39 is 24.3 Å². The third-order valence-corrected chi connectivity index (χ3v) is 12.7. The second kappa shape index (κ2) is 14.3. The van der Waals surface area contributed by atoms with Gasteiger partial charge >= 0.3 is 12.2 Å². The Labute approximate surface area is 345 Å². The second-order valence-electron chi connectivity index (χ2n) is 15.9. The number of methoxy groups -OCH3 is 2. The Hall–Kier alpha value is -7.22. The van der Waals surface area contributed by atoms with Crippen molar-refractivity contribution in [1.29, 1.82) is 0 Å². The minimum atomic E-state index is -0.758. The molecule has 60 heavy (non-hydrogen) atoms. The van der Waals surface area contributed by atoms with Crippen molar-refractivity contribution in [2.45, 2.75) is 62.7 Å². The van der Waals surface area contributed by atoms with Crippen LogP contribution in [0.3, 0.4) is 0 Å². The molecule has 6 atom stereocenters. The Morgan fingerprint density at radius 1 is 0.600 bits per heavy atom. The zero-order valence-corrected chi connectivity index (χ0v) is 33.4. The maximum absolute atomic E-state index is 13.9. The molecule has 4 aromatic carbocycles. The Morgan fingerprint density at radius 3 is 1.37 bits per heavy atom. The number of nitrogens with one attached hydrogen (secondary N) is 4. The number of H-pyrrole nitrogens is 2. The zero-order valence-electron chi connectivity index (χ0n) is 33.4. The Bertz CT molecular complexity index is 2520. The number of hydrogen-bond acceptors (Lipinski definition) is 8. The number of carbonyl (C=O) groups excluding carboxylic acids is 4. The monoisotopic (exact) mass is 802 g/mol. The van der Waals surface area contributed by atoms with Gasteiger partial charge in [-0.25, -0.2) is 19.6 Å². The van der Waals surface area contributed by atoms with E-state index in [2.05, 4.69) is 44.9 Å². The van der Waals surface area contributed by atoms with Gasteiger partial charge in [0.2, 0.25) is 0 Å². The largest absolute Gasteiger partial charge is 0.453 e. The fraction of sp³-hybridized carbons (Fsp3) is 0.261. The third-order valence-electron chi connectivity index (χ3n) is 12.7. The van der Waals surface area contributed by atoms with Crippen LogP contribution in [0, 0.1) is 0 Å². The van der Waals surface area contributed by atoms with Gasteiger partial charge in [-0.3, -0.25) is 19.4 Å². The van der Waals surface area contributed by atoms with E-state index in [-0.39, 0.29) is 35.7 Å². The summed E-state index contributed by atoms with van der Waals surface area (Å²) in [6.45, 7) is 3.90. The first-order valence-electron chi connectivity index (χ1n) is 20.0. The van der Waals surface area contributed by atoms with Gasteiger partial charge in [-0.15, -0.1) is 0 Å². The van der Waals surface area contributed by atoms with Crippen LogP contribution in [0.5, 0.6) is 0 Å². The molecule has 0 aliphatic carbocycles. The number of alkyl carbamates (subject to hydrolysis) is 2. The molecule has 0 fully saturated rings. The summed E-state index contributed by atoms with van der Waals surface area (Å²) in [6, 6.07) is 26.4. The highest BCUT2D eigenvalue weighted by molar-refractivity contribution is 6.06. The van der Waals surface area contributed by atoms with E-state index in [1.165, 1.54) is 14.2 Å². The van der Waals surface area contributed by atoms with Gasteiger partial charge in [-0.1, -0.05) is 98.8 Å². The van der Waals surface area contributed by atoms with Crippen LogP contribution in [-0.2, 0) is 31.9 Å². The highest BCUT2D eigenvalue weighted by Gasteiger charge is 2.49.